The predicted molar refractivity (Wildman–Crippen MR) is 79.7 cm³/mol. The van der Waals surface area contributed by atoms with Crippen LogP contribution in [0.15, 0.2) is 6.20 Å². The molecule has 0 aromatic carbocycles. The second kappa shape index (κ2) is 6.10. The molecule has 20 heavy (non-hydrogen) atoms. The lowest BCUT2D eigenvalue weighted by Crippen LogP contribution is -2.37. The molecule has 0 amide bonds. The first-order valence-electron chi connectivity index (χ1n) is 7.59. The van der Waals surface area contributed by atoms with E-state index in [9.17, 15) is 0 Å². The summed E-state index contributed by atoms with van der Waals surface area (Å²) in [6.07, 6.45) is 6.69. The fourth-order valence-corrected chi connectivity index (χ4v) is 3.79. The Labute approximate surface area is 124 Å². The van der Waals surface area contributed by atoms with Crippen molar-refractivity contribution < 1.29 is 9.47 Å². The van der Waals surface area contributed by atoms with E-state index in [2.05, 4.69) is 17.2 Å². The van der Waals surface area contributed by atoms with E-state index in [-0.39, 0.29) is 11.9 Å². The summed E-state index contributed by atoms with van der Waals surface area (Å²) >= 11 is 1.75. The molecule has 0 bridgehead atoms. The minimum absolute atomic E-state index is 0.192. The molecule has 0 unspecified atom stereocenters. The molecule has 0 radical (unpaired) electrons. The molecule has 3 rings (SSSR count). The van der Waals surface area contributed by atoms with Crippen LogP contribution >= 0.6 is 11.3 Å². The number of aromatic nitrogens is 1. The van der Waals surface area contributed by atoms with Crippen LogP contribution in [0, 0.1) is 12.8 Å². The molecule has 1 aliphatic heterocycles. The lowest BCUT2D eigenvalue weighted by Gasteiger charge is -2.34. The van der Waals surface area contributed by atoms with Crippen LogP contribution in [-0.2, 0) is 16.0 Å². The number of hydrogen-bond acceptors (Lipinski definition) is 5. The number of thiazole rings is 1. The van der Waals surface area contributed by atoms with Gasteiger partial charge in [-0.3, -0.25) is 0 Å². The largest absolute Gasteiger partial charge is 0.347 e. The Morgan fingerprint density at radius 1 is 1.45 bits per heavy atom. The number of nitrogens with zero attached hydrogens (tertiary/aromatic N) is 1. The third-order valence-electron chi connectivity index (χ3n) is 4.29. The second-order valence-corrected chi connectivity index (χ2v) is 7.44. The van der Waals surface area contributed by atoms with Gasteiger partial charge in [0, 0.05) is 37.0 Å². The monoisotopic (exact) mass is 296 g/mol. The highest BCUT2D eigenvalue weighted by atomic mass is 32.1. The Hall–Kier alpha value is -0.490. The Morgan fingerprint density at radius 2 is 2.25 bits per heavy atom. The first-order chi connectivity index (χ1) is 9.65. The van der Waals surface area contributed by atoms with Crippen LogP contribution in [0.3, 0.4) is 0 Å². The fourth-order valence-electron chi connectivity index (χ4n) is 3.02. The fraction of sp³-hybridized carbons (Fsp3) is 0.800. The zero-order valence-corrected chi connectivity index (χ0v) is 13.2. The highest BCUT2D eigenvalue weighted by Gasteiger charge is 2.43. The molecule has 2 fully saturated rings. The third-order valence-corrected chi connectivity index (χ3v) is 5.20. The lowest BCUT2D eigenvalue weighted by molar-refractivity contribution is -0.191. The van der Waals surface area contributed by atoms with Gasteiger partial charge in [-0.25, -0.2) is 4.98 Å². The number of ether oxygens (including phenoxy) is 2. The molecule has 1 atom stereocenters. The molecular formula is C15H24N2O2S. The minimum atomic E-state index is -0.264. The van der Waals surface area contributed by atoms with E-state index in [1.807, 2.05) is 13.1 Å². The van der Waals surface area contributed by atoms with Crippen molar-refractivity contribution in [1.82, 2.24) is 10.3 Å². The lowest BCUT2D eigenvalue weighted by atomic mass is 9.86. The van der Waals surface area contributed by atoms with Crippen LogP contribution in [0.4, 0.5) is 0 Å². The Kier molecular flexibility index (Phi) is 4.40. The molecule has 2 aliphatic rings. The normalized spacial score (nSPS) is 33.9. The molecule has 1 aromatic rings. The van der Waals surface area contributed by atoms with E-state index in [0.29, 0.717) is 0 Å². The van der Waals surface area contributed by atoms with Crippen molar-refractivity contribution in [3.63, 3.8) is 0 Å². The van der Waals surface area contributed by atoms with Crippen LogP contribution in [0.5, 0.6) is 0 Å². The van der Waals surface area contributed by atoms with Gasteiger partial charge >= 0.3 is 0 Å². The predicted octanol–water partition coefficient (Wildman–Crippen LogP) is 2.86. The zero-order chi connectivity index (χ0) is 14.0. The van der Waals surface area contributed by atoms with Crippen molar-refractivity contribution in [1.29, 1.82) is 0 Å². The average molecular weight is 296 g/mol. The molecule has 2 heterocycles. The van der Waals surface area contributed by atoms with Crippen molar-refractivity contribution in [3.05, 3.63) is 16.1 Å². The molecular weight excluding hydrogens is 272 g/mol. The van der Waals surface area contributed by atoms with Gasteiger partial charge in [0.15, 0.2) is 5.79 Å². The minimum Gasteiger partial charge on any atom is -0.347 e. The first-order valence-corrected chi connectivity index (χ1v) is 8.41. The van der Waals surface area contributed by atoms with Gasteiger partial charge in [0.05, 0.1) is 17.7 Å². The smallest absolute Gasteiger partial charge is 0.168 e. The highest BCUT2D eigenvalue weighted by molar-refractivity contribution is 7.11. The molecule has 1 saturated heterocycles. The quantitative estimate of drug-likeness (QED) is 0.928. The Bertz CT molecular complexity index is 441. The summed E-state index contributed by atoms with van der Waals surface area (Å²) in [6, 6.07) is 0. The van der Waals surface area contributed by atoms with Crippen LogP contribution in [0.1, 0.15) is 42.5 Å². The van der Waals surface area contributed by atoms with Crippen molar-refractivity contribution >= 4 is 11.3 Å². The molecule has 1 spiro atoms. The summed E-state index contributed by atoms with van der Waals surface area (Å²) in [6.45, 7) is 6.81. The highest BCUT2D eigenvalue weighted by Crippen LogP contribution is 2.39. The zero-order valence-electron chi connectivity index (χ0n) is 12.4. The van der Waals surface area contributed by atoms with Crippen molar-refractivity contribution in [3.8, 4) is 0 Å². The summed E-state index contributed by atoms with van der Waals surface area (Å²) in [7, 11) is 0. The van der Waals surface area contributed by atoms with Gasteiger partial charge in [-0.05, 0) is 25.7 Å². The summed E-state index contributed by atoms with van der Waals surface area (Å²) in [5.74, 6) is 0.555. The van der Waals surface area contributed by atoms with E-state index >= 15 is 0 Å². The van der Waals surface area contributed by atoms with Gasteiger partial charge in [-0.2, -0.15) is 0 Å². The average Bonchev–Trinajstić information content (AvgIpc) is 3.02. The molecule has 4 nitrogen and oxygen atoms in total. The Balaban J connectivity index is 1.42. The molecule has 1 aromatic heterocycles. The third kappa shape index (κ3) is 3.39. The molecule has 1 aliphatic carbocycles. The number of aryl methyl sites for hydroxylation is 1. The standard InChI is InChI=1S/C15H24N2O2S/c1-11-3-5-15(6-4-11)18-10-13(19-15)7-16-8-14-9-17-12(2)20-14/h9,11,13,16H,3-8,10H2,1-2H3/t11?,13-,15?/m1/s1. The SMILES string of the molecule is Cc1ncc(CNC[C@@H]2COC3(CCC(C)CC3)O2)s1. The second-order valence-electron chi connectivity index (χ2n) is 6.12. The van der Waals surface area contributed by atoms with Crippen LogP contribution in [0.25, 0.3) is 0 Å². The number of rotatable bonds is 4. The van der Waals surface area contributed by atoms with E-state index in [0.717, 1.165) is 43.5 Å². The van der Waals surface area contributed by atoms with Gasteiger partial charge in [-0.15, -0.1) is 11.3 Å². The summed E-state index contributed by atoms with van der Waals surface area (Å²) in [4.78, 5) is 5.55. The Morgan fingerprint density at radius 3 is 2.95 bits per heavy atom. The van der Waals surface area contributed by atoms with Gasteiger partial charge in [0.2, 0.25) is 0 Å². The maximum absolute atomic E-state index is 6.18. The number of hydrogen-bond donors (Lipinski definition) is 1. The molecule has 5 heteroatoms. The van der Waals surface area contributed by atoms with Crippen LogP contribution in [-0.4, -0.2) is 30.0 Å². The maximum atomic E-state index is 6.18. The first kappa shape index (κ1) is 14.4. The molecule has 1 saturated carbocycles. The van der Waals surface area contributed by atoms with Gasteiger partial charge in [0.25, 0.3) is 0 Å². The van der Waals surface area contributed by atoms with Crippen LogP contribution in [0.2, 0.25) is 0 Å². The van der Waals surface area contributed by atoms with Gasteiger partial charge in [-0.1, -0.05) is 6.92 Å². The van der Waals surface area contributed by atoms with Crippen molar-refractivity contribution in [2.75, 3.05) is 13.2 Å². The van der Waals surface area contributed by atoms with Crippen molar-refractivity contribution in [2.24, 2.45) is 5.92 Å². The topological polar surface area (TPSA) is 43.4 Å². The summed E-state index contributed by atoms with van der Waals surface area (Å²) in [5.41, 5.74) is 0. The summed E-state index contributed by atoms with van der Waals surface area (Å²) in [5, 5.41) is 4.58. The van der Waals surface area contributed by atoms with E-state index in [4.69, 9.17) is 9.47 Å². The van der Waals surface area contributed by atoms with Gasteiger partial charge in [0.1, 0.15) is 0 Å². The van der Waals surface area contributed by atoms with E-state index in [1.165, 1.54) is 17.7 Å². The van der Waals surface area contributed by atoms with Crippen molar-refractivity contribution in [2.45, 2.75) is 58.0 Å². The van der Waals surface area contributed by atoms with E-state index < -0.39 is 0 Å². The molecule has 112 valence electrons. The van der Waals surface area contributed by atoms with Crippen LogP contribution < -0.4 is 5.32 Å². The molecule has 1 N–H and O–H groups in total. The number of nitrogens with one attached hydrogen (secondary N) is 1. The van der Waals surface area contributed by atoms with Gasteiger partial charge < -0.3 is 14.8 Å². The van der Waals surface area contributed by atoms with E-state index in [1.54, 1.807) is 11.3 Å². The summed E-state index contributed by atoms with van der Waals surface area (Å²) < 4.78 is 12.2. The maximum Gasteiger partial charge on any atom is 0.168 e.